The summed E-state index contributed by atoms with van der Waals surface area (Å²) in [6, 6.07) is 15.3. The molecule has 2 aliphatic carbocycles. The molecule has 1 saturated carbocycles. The molecule has 2 aromatic rings. The second-order valence-electron chi connectivity index (χ2n) is 12.0. The minimum Gasteiger partial charge on any atom is -0.497 e. The van der Waals surface area contributed by atoms with Gasteiger partial charge in [-0.25, -0.2) is 9.59 Å². The summed E-state index contributed by atoms with van der Waals surface area (Å²) in [5.41, 5.74) is 3.52. The van der Waals surface area contributed by atoms with Gasteiger partial charge in [0.2, 0.25) is 5.79 Å². The first-order chi connectivity index (χ1) is 19.3. The summed E-state index contributed by atoms with van der Waals surface area (Å²) in [5, 5.41) is 0. The molecule has 6 rings (SSSR count). The van der Waals surface area contributed by atoms with Gasteiger partial charge in [-0.15, -0.1) is 0 Å². The second-order valence-corrected chi connectivity index (χ2v) is 12.0. The van der Waals surface area contributed by atoms with Crippen molar-refractivity contribution < 1.29 is 33.3 Å². The van der Waals surface area contributed by atoms with E-state index >= 15 is 0 Å². The molecule has 7 heteroatoms. The Labute approximate surface area is 235 Å². The van der Waals surface area contributed by atoms with Crippen molar-refractivity contribution in [3.05, 3.63) is 77.1 Å². The summed E-state index contributed by atoms with van der Waals surface area (Å²) in [5.74, 6) is 0.284. The monoisotopic (exact) mass is 546 g/mol. The molecule has 40 heavy (non-hydrogen) atoms. The molecular weight excluding hydrogens is 508 g/mol. The van der Waals surface area contributed by atoms with Gasteiger partial charge in [0.25, 0.3) is 0 Å². The van der Waals surface area contributed by atoms with Crippen molar-refractivity contribution >= 4 is 11.9 Å². The van der Waals surface area contributed by atoms with Gasteiger partial charge < -0.3 is 23.7 Å². The third-order valence-electron chi connectivity index (χ3n) is 9.66. The van der Waals surface area contributed by atoms with Crippen molar-refractivity contribution in [1.82, 2.24) is 0 Å². The normalized spacial score (nSPS) is 32.4. The summed E-state index contributed by atoms with van der Waals surface area (Å²) < 4.78 is 29.5. The quantitative estimate of drug-likeness (QED) is 0.428. The fourth-order valence-corrected chi connectivity index (χ4v) is 7.53. The Morgan fingerprint density at radius 3 is 2.65 bits per heavy atom. The largest absolute Gasteiger partial charge is 0.497 e. The fourth-order valence-electron chi connectivity index (χ4n) is 7.53. The molecule has 212 valence electrons. The van der Waals surface area contributed by atoms with Gasteiger partial charge in [0.05, 0.1) is 32.3 Å². The van der Waals surface area contributed by atoms with E-state index in [1.54, 1.807) is 38.3 Å². The van der Waals surface area contributed by atoms with E-state index in [9.17, 15) is 9.59 Å². The summed E-state index contributed by atoms with van der Waals surface area (Å²) in [7, 11) is 1.72. The number of hydrogen-bond donors (Lipinski definition) is 0. The smallest absolute Gasteiger partial charge is 0.340 e. The van der Waals surface area contributed by atoms with Gasteiger partial charge in [-0.2, -0.15) is 0 Å². The maximum Gasteiger partial charge on any atom is 0.340 e. The molecule has 6 atom stereocenters. The predicted molar refractivity (Wildman–Crippen MR) is 148 cm³/mol. The first-order valence-electron chi connectivity index (χ1n) is 14.5. The van der Waals surface area contributed by atoms with E-state index < -0.39 is 23.8 Å². The van der Waals surface area contributed by atoms with Crippen molar-refractivity contribution in [3.8, 4) is 5.75 Å². The van der Waals surface area contributed by atoms with Crippen LogP contribution >= 0.6 is 0 Å². The van der Waals surface area contributed by atoms with E-state index in [0.29, 0.717) is 36.3 Å². The molecular formula is C33H38O7. The average molecular weight is 547 g/mol. The zero-order valence-corrected chi connectivity index (χ0v) is 23.5. The number of carbonyl (C=O) groups excluding carboxylic acids is 2. The number of rotatable bonds is 5. The third-order valence-corrected chi connectivity index (χ3v) is 9.66. The molecule has 2 heterocycles. The van der Waals surface area contributed by atoms with E-state index in [2.05, 4.69) is 25.1 Å². The van der Waals surface area contributed by atoms with Gasteiger partial charge in [0.1, 0.15) is 23.7 Å². The molecule has 0 bridgehead atoms. The first-order valence-corrected chi connectivity index (χ1v) is 14.5. The molecule has 1 saturated heterocycles. The predicted octanol–water partition coefficient (Wildman–Crippen LogP) is 5.97. The number of fused-ring (bicyclic) bond motifs is 5. The lowest BCUT2D eigenvalue weighted by atomic mass is 9.52. The van der Waals surface area contributed by atoms with Crippen LogP contribution in [-0.2, 0) is 30.2 Å². The molecule has 2 unspecified atom stereocenters. The van der Waals surface area contributed by atoms with Gasteiger partial charge in [0.15, 0.2) is 0 Å². The fraction of sp³-hybridized carbons (Fsp3) is 0.515. The van der Waals surface area contributed by atoms with E-state index in [-0.39, 0.29) is 24.0 Å². The van der Waals surface area contributed by atoms with Crippen LogP contribution in [0.1, 0.15) is 73.4 Å². The molecule has 2 aliphatic heterocycles. The van der Waals surface area contributed by atoms with Gasteiger partial charge in [-0.3, -0.25) is 0 Å². The van der Waals surface area contributed by atoms with Crippen molar-refractivity contribution in [2.75, 3.05) is 20.3 Å². The van der Waals surface area contributed by atoms with Crippen LogP contribution in [0.2, 0.25) is 0 Å². The molecule has 7 nitrogen and oxygen atoms in total. The Bertz CT molecular complexity index is 1300. The Kier molecular flexibility index (Phi) is 7.11. The zero-order chi connectivity index (χ0) is 27.9. The minimum atomic E-state index is -0.968. The van der Waals surface area contributed by atoms with Gasteiger partial charge in [0, 0.05) is 6.42 Å². The van der Waals surface area contributed by atoms with E-state index in [1.807, 2.05) is 6.07 Å². The van der Waals surface area contributed by atoms with Gasteiger partial charge >= 0.3 is 11.9 Å². The third kappa shape index (κ3) is 4.78. The lowest BCUT2D eigenvalue weighted by Crippen LogP contribution is -2.57. The zero-order valence-electron chi connectivity index (χ0n) is 23.5. The number of methoxy groups -OCH3 is 1. The second kappa shape index (κ2) is 10.6. The molecule has 0 aromatic heterocycles. The summed E-state index contributed by atoms with van der Waals surface area (Å²) in [6.07, 6.45) is 5.86. The topological polar surface area (TPSA) is 80.3 Å². The Morgan fingerprint density at radius 1 is 1.05 bits per heavy atom. The van der Waals surface area contributed by atoms with Gasteiger partial charge in [-0.05, 0) is 91.2 Å². The highest BCUT2D eigenvalue weighted by Gasteiger charge is 2.57. The highest BCUT2D eigenvalue weighted by molar-refractivity contribution is 5.92. The number of hydrogen-bond acceptors (Lipinski definition) is 7. The molecule has 4 aliphatic rings. The van der Waals surface area contributed by atoms with Crippen LogP contribution in [0.3, 0.4) is 0 Å². The van der Waals surface area contributed by atoms with Crippen LogP contribution in [0.15, 0.2) is 60.4 Å². The Morgan fingerprint density at radius 2 is 1.88 bits per heavy atom. The van der Waals surface area contributed by atoms with Crippen LogP contribution in [0.25, 0.3) is 0 Å². The summed E-state index contributed by atoms with van der Waals surface area (Å²) in [4.78, 5) is 25.9. The van der Waals surface area contributed by atoms with Crippen LogP contribution < -0.4 is 4.74 Å². The first kappa shape index (κ1) is 26.9. The number of aryl methyl sites for hydroxylation is 1. The maximum absolute atomic E-state index is 13.0. The lowest BCUT2D eigenvalue weighted by Gasteiger charge is -2.58. The summed E-state index contributed by atoms with van der Waals surface area (Å²) in [6.45, 7) is 4.88. The van der Waals surface area contributed by atoms with Crippen molar-refractivity contribution in [2.45, 2.75) is 70.2 Å². The van der Waals surface area contributed by atoms with Crippen LogP contribution in [0.4, 0.5) is 0 Å². The van der Waals surface area contributed by atoms with Crippen LogP contribution in [-0.4, -0.2) is 44.2 Å². The number of ether oxygens (including phenoxy) is 5. The van der Waals surface area contributed by atoms with Gasteiger partial charge in [-0.1, -0.05) is 31.2 Å². The van der Waals surface area contributed by atoms with E-state index in [4.69, 9.17) is 23.7 Å². The standard InChI is InChI=1S/C33H38O7/c1-4-37-31(35)27-19-38-33(18-29(27)40-30(34)21-8-6-5-7-9-21)17-28-26-12-10-22-16-23(36-3)11-13-24(22)25(26)14-15-32(28,2)20-39-33/h5-9,11,13,16,19,25-26,28-29H,4,10,12,14-15,17-18,20H2,1-3H3/t25-,26-,28+,29?,32-,33?/m1/s1. The Balaban J connectivity index is 1.27. The highest BCUT2D eigenvalue weighted by atomic mass is 16.7. The Hall–Kier alpha value is -3.32. The van der Waals surface area contributed by atoms with Crippen molar-refractivity contribution in [2.24, 2.45) is 17.3 Å². The SMILES string of the molecule is CCOC(=O)C1=COC2(CC1OC(=O)c1ccccc1)C[C@H]1[C@@H]3CCc4cc(OC)ccc4[C@H]3CC[C@]1(C)CO2. The summed E-state index contributed by atoms with van der Waals surface area (Å²) >= 11 is 0. The number of carbonyl (C=O) groups is 2. The average Bonchev–Trinajstić information content (AvgIpc) is 2.97. The van der Waals surface area contributed by atoms with Crippen LogP contribution in [0, 0.1) is 17.3 Å². The van der Waals surface area contributed by atoms with Crippen molar-refractivity contribution in [3.63, 3.8) is 0 Å². The molecule has 1 spiro atoms. The molecule has 2 aromatic carbocycles. The molecule has 2 fully saturated rings. The number of esters is 2. The maximum atomic E-state index is 13.0. The van der Waals surface area contributed by atoms with E-state index in [1.165, 1.54) is 17.4 Å². The molecule has 0 radical (unpaired) electrons. The minimum absolute atomic E-state index is 0.0428. The highest BCUT2D eigenvalue weighted by Crippen LogP contribution is 2.60. The number of benzene rings is 2. The molecule has 0 amide bonds. The lowest BCUT2D eigenvalue weighted by molar-refractivity contribution is -0.296. The van der Waals surface area contributed by atoms with Crippen LogP contribution in [0.5, 0.6) is 5.75 Å². The van der Waals surface area contributed by atoms with E-state index in [0.717, 1.165) is 31.4 Å². The van der Waals surface area contributed by atoms with Crippen molar-refractivity contribution in [1.29, 1.82) is 0 Å². The molecule has 0 N–H and O–H groups in total.